The van der Waals surface area contributed by atoms with Crippen molar-refractivity contribution in [3.8, 4) is 11.8 Å². The summed E-state index contributed by atoms with van der Waals surface area (Å²) in [7, 11) is 0. The Bertz CT molecular complexity index is 880. The minimum Gasteiger partial charge on any atom is -0.294 e. The van der Waals surface area contributed by atoms with E-state index in [2.05, 4.69) is 11.1 Å². The summed E-state index contributed by atoms with van der Waals surface area (Å²) in [5, 5.41) is 9.46. The maximum absolute atomic E-state index is 13.9. The number of fused-ring (bicyclic) bond motifs is 1. The van der Waals surface area contributed by atoms with E-state index in [4.69, 9.17) is 28.5 Å². The Hall–Kier alpha value is -2.09. The first-order valence-electron chi connectivity index (χ1n) is 6.07. The molecule has 0 spiro atoms. The van der Waals surface area contributed by atoms with E-state index in [0.717, 1.165) is 0 Å². The lowest BCUT2D eigenvalue weighted by Gasteiger charge is -2.10. The molecule has 0 amide bonds. The zero-order valence-electron chi connectivity index (χ0n) is 10.6. The van der Waals surface area contributed by atoms with Gasteiger partial charge >= 0.3 is 0 Å². The second kappa shape index (κ2) is 5.36. The lowest BCUT2D eigenvalue weighted by atomic mass is 10.2. The molecule has 0 aliphatic carbocycles. The van der Waals surface area contributed by atoms with Crippen LogP contribution in [0.15, 0.2) is 36.4 Å². The summed E-state index contributed by atoms with van der Waals surface area (Å²) in [5.41, 5.74) is 1.79. The number of benzene rings is 2. The number of halogens is 3. The number of imidazole rings is 1. The van der Waals surface area contributed by atoms with Crippen molar-refractivity contribution in [2.75, 3.05) is 0 Å². The van der Waals surface area contributed by atoms with Crippen molar-refractivity contribution in [1.82, 2.24) is 9.55 Å². The molecule has 1 heterocycles. The van der Waals surface area contributed by atoms with E-state index in [0.29, 0.717) is 27.6 Å². The van der Waals surface area contributed by atoms with Gasteiger partial charge in [-0.3, -0.25) is 4.57 Å². The molecule has 0 atom stereocenters. The van der Waals surface area contributed by atoms with Gasteiger partial charge in [-0.1, -0.05) is 17.7 Å². The highest BCUT2D eigenvalue weighted by Gasteiger charge is 2.16. The molecule has 104 valence electrons. The van der Waals surface area contributed by atoms with Gasteiger partial charge in [0, 0.05) is 0 Å². The van der Waals surface area contributed by atoms with Crippen LogP contribution in [0.1, 0.15) is 11.4 Å². The normalized spacial score (nSPS) is 10.8. The lowest BCUT2D eigenvalue weighted by molar-refractivity contribution is 0.637. The molecule has 6 heteroatoms. The van der Waals surface area contributed by atoms with Crippen molar-refractivity contribution in [3.63, 3.8) is 0 Å². The van der Waals surface area contributed by atoms with Gasteiger partial charge in [-0.15, -0.1) is 11.6 Å². The fraction of sp³-hybridized carbons (Fsp3) is 0.0667. The van der Waals surface area contributed by atoms with Crippen LogP contribution in [0, 0.1) is 17.1 Å². The van der Waals surface area contributed by atoms with Crippen LogP contribution in [0.4, 0.5) is 4.39 Å². The highest BCUT2D eigenvalue weighted by molar-refractivity contribution is 6.32. The molecule has 3 aromatic rings. The molecular weight excluding hydrogens is 312 g/mol. The summed E-state index contributed by atoms with van der Waals surface area (Å²) in [6.45, 7) is 0. The first kappa shape index (κ1) is 13.9. The Morgan fingerprint density at radius 3 is 2.81 bits per heavy atom. The molecule has 0 bridgehead atoms. The van der Waals surface area contributed by atoms with Gasteiger partial charge in [-0.2, -0.15) is 5.26 Å². The Morgan fingerprint density at radius 1 is 1.29 bits per heavy atom. The molecule has 0 saturated carbocycles. The monoisotopic (exact) mass is 319 g/mol. The van der Waals surface area contributed by atoms with Crippen LogP contribution in [0.2, 0.25) is 5.02 Å². The van der Waals surface area contributed by atoms with E-state index in [1.807, 2.05) is 0 Å². The maximum Gasteiger partial charge on any atom is 0.151 e. The van der Waals surface area contributed by atoms with Gasteiger partial charge in [0.2, 0.25) is 0 Å². The van der Waals surface area contributed by atoms with Crippen molar-refractivity contribution in [2.24, 2.45) is 0 Å². The molecule has 21 heavy (non-hydrogen) atoms. The highest BCUT2D eigenvalue weighted by atomic mass is 35.5. The number of hydrogen-bond donors (Lipinski definition) is 0. The van der Waals surface area contributed by atoms with Crippen LogP contribution in [0.25, 0.3) is 16.7 Å². The van der Waals surface area contributed by atoms with Gasteiger partial charge in [0.15, 0.2) is 5.82 Å². The average molecular weight is 320 g/mol. The minimum absolute atomic E-state index is 0.0984. The zero-order valence-corrected chi connectivity index (χ0v) is 12.2. The number of nitriles is 1. The zero-order chi connectivity index (χ0) is 15.0. The summed E-state index contributed by atoms with van der Waals surface area (Å²) in [6, 6.07) is 11.6. The topological polar surface area (TPSA) is 41.6 Å². The molecule has 0 aliphatic rings. The van der Waals surface area contributed by atoms with Gasteiger partial charge in [-0.05, 0) is 30.3 Å². The lowest BCUT2D eigenvalue weighted by Crippen LogP contribution is -2.00. The van der Waals surface area contributed by atoms with Gasteiger partial charge in [-0.25, -0.2) is 9.37 Å². The van der Waals surface area contributed by atoms with Crippen molar-refractivity contribution in [2.45, 2.75) is 5.88 Å². The summed E-state index contributed by atoms with van der Waals surface area (Å²) in [6.07, 6.45) is 0. The van der Waals surface area contributed by atoms with Crippen molar-refractivity contribution in [3.05, 3.63) is 58.6 Å². The third kappa shape index (κ3) is 2.25. The van der Waals surface area contributed by atoms with Crippen molar-refractivity contribution >= 4 is 34.2 Å². The number of nitrogens with zero attached hydrogens (tertiary/aromatic N) is 3. The Balaban J connectivity index is 2.39. The summed E-state index contributed by atoms with van der Waals surface area (Å²) >= 11 is 12.1. The van der Waals surface area contributed by atoms with Crippen LogP contribution in [0.3, 0.4) is 0 Å². The van der Waals surface area contributed by atoms with Crippen molar-refractivity contribution in [1.29, 1.82) is 5.26 Å². The Morgan fingerprint density at radius 2 is 2.10 bits per heavy atom. The quantitative estimate of drug-likeness (QED) is 0.656. The van der Waals surface area contributed by atoms with Crippen LogP contribution in [-0.4, -0.2) is 9.55 Å². The number of para-hydroxylation sites is 1. The predicted octanol–water partition coefficient (Wildman–Crippen LogP) is 4.43. The molecular formula is C15H8Cl2FN3. The molecule has 0 aliphatic heterocycles. The number of aromatic nitrogens is 2. The minimum atomic E-state index is -0.426. The molecule has 3 nitrogen and oxygen atoms in total. The van der Waals surface area contributed by atoms with Gasteiger partial charge in [0.1, 0.15) is 11.3 Å². The van der Waals surface area contributed by atoms with E-state index in [-0.39, 0.29) is 11.4 Å². The molecule has 0 unspecified atom stereocenters. The SMILES string of the molecule is N#Cc1ccc(Cl)c(-n2c(CCl)nc3c(F)cccc32)c1. The van der Waals surface area contributed by atoms with Crippen LogP contribution in [0.5, 0.6) is 0 Å². The Labute approximate surface area is 130 Å². The fourth-order valence-electron chi connectivity index (χ4n) is 2.23. The molecule has 0 radical (unpaired) electrons. The third-order valence-electron chi connectivity index (χ3n) is 3.14. The largest absolute Gasteiger partial charge is 0.294 e. The molecule has 0 N–H and O–H groups in total. The number of rotatable bonds is 2. The van der Waals surface area contributed by atoms with Crippen LogP contribution >= 0.6 is 23.2 Å². The first-order chi connectivity index (χ1) is 10.2. The highest BCUT2D eigenvalue weighted by Crippen LogP contribution is 2.29. The summed E-state index contributed by atoms with van der Waals surface area (Å²) in [4.78, 5) is 4.22. The standard InChI is InChI=1S/C15H8Cl2FN3/c16-7-14-20-15-11(18)2-1-3-12(15)21(14)13-6-9(8-19)4-5-10(13)17/h1-6H,7H2. The molecule has 1 aromatic heterocycles. The summed E-state index contributed by atoms with van der Waals surface area (Å²) in [5.74, 6) is 0.139. The number of hydrogen-bond acceptors (Lipinski definition) is 2. The maximum atomic E-state index is 13.9. The van der Waals surface area contributed by atoms with Gasteiger partial charge < -0.3 is 0 Å². The number of alkyl halides is 1. The second-order valence-electron chi connectivity index (χ2n) is 4.38. The predicted molar refractivity (Wildman–Crippen MR) is 80.3 cm³/mol. The summed E-state index contributed by atoms with van der Waals surface area (Å²) < 4.78 is 15.5. The van der Waals surface area contributed by atoms with Gasteiger partial charge in [0.05, 0.1) is 33.7 Å². The second-order valence-corrected chi connectivity index (χ2v) is 5.06. The van der Waals surface area contributed by atoms with Crippen LogP contribution in [-0.2, 0) is 5.88 Å². The van der Waals surface area contributed by atoms with E-state index in [1.54, 1.807) is 34.9 Å². The van der Waals surface area contributed by atoms with E-state index in [9.17, 15) is 4.39 Å². The fourth-order valence-corrected chi connectivity index (χ4v) is 2.61. The Kier molecular flexibility index (Phi) is 3.54. The first-order valence-corrected chi connectivity index (χ1v) is 6.98. The van der Waals surface area contributed by atoms with E-state index >= 15 is 0 Å². The van der Waals surface area contributed by atoms with Crippen molar-refractivity contribution < 1.29 is 4.39 Å². The third-order valence-corrected chi connectivity index (χ3v) is 3.70. The smallest absolute Gasteiger partial charge is 0.151 e. The van der Waals surface area contributed by atoms with E-state index < -0.39 is 5.82 Å². The average Bonchev–Trinajstić information content (AvgIpc) is 2.88. The molecule has 0 fully saturated rings. The molecule has 3 rings (SSSR count). The van der Waals surface area contributed by atoms with Gasteiger partial charge in [0.25, 0.3) is 0 Å². The molecule has 0 saturated heterocycles. The van der Waals surface area contributed by atoms with E-state index in [1.165, 1.54) is 6.07 Å². The van der Waals surface area contributed by atoms with Crippen LogP contribution < -0.4 is 0 Å². The molecule has 2 aromatic carbocycles.